The fourth-order valence-corrected chi connectivity index (χ4v) is 2.34. The van der Waals surface area contributed by atoms with Crippen LogP contribution in [0.3, 0.4) is 0 Å². The Bertz CT molecular complexity index is 647. The molecular weight excluding hydrogens is 383 g/mol. The van der Waals surface area contributed by atoms with Gasteiger partial charge >= 0.3 is 5.69 Å². The number of anilines is 1. The maximum Gasteiger partial charge on any atom is 0.334 e. The van der Waals surface area contributed by atoms with E-state index in [0.29, 0.717) is 18.0 Å². The van der Waals surface area contributed by atoms with Gasteiger partial charge in [-0.2, -0.15) is 0 Å². The fraction of sp³-hybridized carbons (Fsp3) is 0.200. The summed E-state index contributed by atoms with van der Waals surface area (Å²) in [6, 6.07) is 12.5. The minimum atomic E-state index is -0.414. The van der Waals surface area contributed by atoms with Crippen molar-refractivity contribution in [2.45, 2.75) is 13.3 Å². The molecule has 0 heterocycles. The Morgan fingerprint density at radius 1 is 1.19 bits per heavy atom. The number of ether oxygens (including phenoxy) is 1. The molecule has 6 heteroatoms. The van der Waals surface area contributed by atoms with E-state index in [1.54, 1.807) is 24.3 Å². The minimum absolute atomic E-state index is 0.0365. The molecule has 0 aliphatic heterocycles. The molecule has 2 aromatic rings. The van der Waals surface area contributed by atoms with Crippen LogP contribution in [-0.4, -0.2) is 11.5 Å². The Morgan fingerprint density at radius 3 is 2.57 bits per heavy atom. The van der Waals surface area contributed by atoms with Crippen molar-refractivity contribution < 1.29 is 9.66 Å². The second kappa shape index (κ2) is 7.26. The van der Waals surface area contributed by atoms with Gasteiger partial charge in [0.05, 0.1) is 8.49 Å². The topological polar surface area (TPSA) is 64.4 Å². The SMILES string of the molecule is CCCNc1cccc(Oc2ccccc2I)c1[N+](=O)[O-]. The molecular formula is C15H15IN2O3. The smallest absolute Gasteiger partial charge is 0.334 e. The van der Waals surface area contributed by atoms with E-state index in [-0.39, 0.29) is 11.4 Å². The molecule has 0 fully saturated rings. The zero-order valence-corrected chi connectivity index (χ0v) is 13.7. The number of hydrogen-bond donors (Lipinski definition) is 1. The predicted molar refractivity (Wildman–Crippen MR) is 91.1 cm³/mol. The number of nitro groups is 1. The van der Waals surface area contributed by atoms with Gasteiger partial charge in [-0.25, -0.2) is 0 Å². The van der Waals surface area contributed by atoms with Gasteiger partial charge in [0, 0.05) is 6.54 Å². The van der Waals surface area contributed by atoms with Crippen LogP contribution in [0.1, 0.15) is 13.3 Å². The first-order chi connectivity index (χ1) is 10.1. The molecule has 0 radical (unpaired) electrons. The summed E-state index contributed by atoms with van der Waals surface area (Å²) in [6.45, 7) is 2.68. The number of nitrogens with zero attached hydrogens (tertiary/aromatic N) is 1. The normalized spacial score (nSPS) is 10.2. The second-order valence-electron chi connectivity index (χ2n) is 4.37. The first-order valence-corrected chi connectivity index (χ1v) is 7.65. The molecule has 0 spiro atoms. The average Bonchev–Trinajstić information content (AvgIpc) is 2.47. The van der Waals surface area contributed by atoms with E-state index >= 15 is 0 Å². The van der Waals surface area contributed by atoms with Crippen LogP contribution in [0.4, 0.5) is 11.4 Å². The Morgan fingerprint density at radius 2 is 1.90 bits per heavy atom. The average molecular weight is 398 g/mol. The van der Waals surface area contributed by atoms with Crippen LogP contribution in [0.2, 0.25) is 0 Å². The van der Waals surface area contributed by atoms with Gasteiger partial charge in [-0.15, -0.1) is 0 Å². The highest BCUT2D eigenvalue weighted by Gasteiger charge is 2.21. The predicted octanol–water partition coefficient (Wildman–Crippen LogP) is 4.81. The van der Waals surface area contributed by atoms with Crippen LogP contribution < -0.4 is 10.1 Å². The monoisotopic (exact) mass is 398 g/mol. The molecule has 0 saturated carbocycles. The lowest BCUT2D eigenvalue weighted by atomic mass is 10.2. The highest BCUT2D eigenvalue weighted by molar-refractivity contribution is 14.1. The summed E-state index contributed by atoms with van der Waals surface area (Å²) >= 11 is 2.14. The molecule has 0 aliphatic carbocycles. The van der Waals surface area contributed by atoms with E-state index in [2.05, 4.69) is 27.9 Å². The molecule has 1 N–H and O–H groups in total. The third-order valence-corrected chi connectivity index (χ3v) is 3.69. The number of rotatable bonds is 6. The van der Waals surface area contributed by atoms with Crippen molar-refractivity contribution in [2.24, 2.45) is 0 Å². The molecule has 2 rings (SSSR count). The van der Waals surface area contributed by atoms with E-state index < -0.39 is 4.92 Å². The lowest BCUT2D eigenvalue weighted by Gasteiger charge is -2.11. The van der Waals surface area contributed by atoms with Crippen LogP contribution >= 0.6 is 22.6 Å². The van der Waals surface area contributed by atoms with Crippen molar-refractivity contribution in [1.29, 1.82) is 0 Å². The highest BCUT2D eigenvalue weighted by Crippen LogP contribution is 2.38. The molecule has 21 heavy (non-hydrogen) atoms. The first-order valence-electron chi connectivity index (χ1n) is 6.57. The van der Waals surface area contributed by atoms with Gasteiger partial charge in [0.2, 0.25) is 5.75 Å². The number of nitrogens with one attached hydrogen (secondary N) is 1. The third-order valence-electron chi connectivity index (χ3n) is 2.80. The summed E-state index contributed by atoms with van der Waals surface area (Å²) in [4.78, 5) is 11.0. The Kier molecular flexibility index (Phi) is 5.38. The third kappa shape index (κ3) is 3.84. The van der Waals surface area contributed by atoms with Crippen molar-refractivity contribution in [2.75, 3.05) is 11.9 Å². The minimum Gasteiger partial charge on any atom is -0.449 e. The highest BCUT2D eigenvalue weighted by atomic mass is 127. The van der Waals surface area contributed by atoms with Crippen LogP contribution in [-0.2, 0) is 0 Å². The van der Waals surface area contributed by atoms with E-state index in [4.69, 9.17) is 4.74 Å². The molecule has 0 unspecified atom stereocenters. The molecule has 0 saturated heterocycles. The zero-order valence-electron chi connectivity index (χ0n) is 11.5. The van der Waals surface area contributed by atoms with Gasteiger partial charge in [-0.3, -0.25) is 10.1 Å². The van der Waals surface area contributed by atoms with E-state index in [0.717, 1.165) is 9.99 Å². The van der Waals surface area contributed by atoms with Gasteiger partial charge in [0.1, 0.15) is 11.4 Å². The molecule has 2 aromatic carbocycles. The summed E-state index contributed by atoms with van der Waals surface area (Å²) in [5.41, 5.74) is 0.441. The van der Waals surface area contributed by atoms with Crippen LogP contribution in [0.5, 0.6) is 11.5 Å². The number of benzene rings is 2. The van der Waals surface area contributed by atoms with Gasteiger partial charge < -0.3 is 10.1 Å². The lowest BCUT2D eigenvalue weighted by Crippen LogP contribution is -2.04. The zero-order chi connectivity index (χ0) is 15.2. The molecule has 0 atom stereocenters. The first kappa shape index (κ1) is 15.6. The Hall–Kier alpha value is -1.83. The summed E-state index contributed by atoms with van der Waals surface area (Å²) in [5.74, 6) is 0.846. The number of halogens is 1. The summed E-state index contributed by atoms with van der Waals surface area (Å²) in [7, 11) is 0. The second-order valence-corrected chi connectivity index (χ2v) is 5.53. The van der Waals surface area contributed by atoms with E-state index in [9.17, 15) is 10.1 Å². The van der Waals surface area contributed by atoms with Crippen LogP contribution in [0.25, 0.3) is 0 Å². The molecule has 0 aliphatic rings. The van der Waals surface area contributed by atoms with Crippen molar-refractivity contribution in [3.8, 4) is 11.5 Å². The quantitative estimate of drug-likeness (QED) is 0.431. The van der Waals surface area contributed by atoms with Gasteiger partial charge in [-0.05, 0) is 53.3 Å². The molecule has 0 aromatic heterocycles. The van der Waals surface area contributed by atoms with Gasteiger partial charge in [0.25, 0.3) is 0 Å². The summed E-state index contributed by atoms with van der Waals surface area (Å²) < 4.78 is 6.63. The molecule has 0 amide bonds. The molecule has 5 nitrogen and oxygen atoms in total. The molecule has 0 bridgehead atoms. The van der Waals surface area contributed by atoms with Crippen molar-refractivity contribution in [3.05, 3.63) is 56.1 Å². The van der Waals surface area contributed by atoms with Crippen molar-refractivity contribution in [1.82, 2.24) is 0 Å². The maximum absolute atomic E-state index is 11.4. The van der Waals surface area contributed by atoms with Gasteiger partial charge in [0.15, 0.2) is 0 Å². The standard InChI is InChI=1S/C15H15IN2O3/c1-2-10-17-12-7-5-9-14(15(12)18(19)20)21-13-8-4-3-6-11(13)16/h3-9,17H,2,10H2,1H3. The number of nitro benzene ring substituents is 1. The number of hydrogen-bond acceptors (Lipinski definition) is 4. The largest absolute Gasteiger partial charge is 0.449 e. The Balaban J connectivity index is 2.39. The summed E-state index contributed by atoms with van der Waals surface area (Å²) in [5, 5.41) is 14.4. The molecule has 110 valence electrons. The van der Waals surface area contributed by atoms with Crippen molar-refractivity contribution in [3.63, 3.8) is 0 Å². The number of para-hydroxylation sites is 2. The maximum atomic E-state index is 11.4. The van der Waals surface area contributed by atoms with Crippen molar-refractivity contribution >= 4 is 34.0 Å². The fourth-order valence-electron chi connectivity index (χ4n) is 1.84. The Labute approximate surface area is 136 Å². The van der Waals surface area contributed by atoms with Crippen LogP contribution in [0.15, 0.2) is 42.5 Å². The van der Waals surface area contributed by atoms with Gasteiger partial charge in [-0.1, -0.05) is 25.1 Å². The van der Waals surface area contributed by atoms with E-state index in [1.165, 1.54) is 0 Å². The summed E-state index contributed by atoms with van der Waals surface area (Å²) in [6.07, 6.45) is 0.888. The lowest BCUT2D eigenvalue weighted by molar-refractivity contribution is -0.384. The van der Waals surface area contributed by atoms with Crippen LogP contribution in [0, 0.1) is 13.7 Å². The van der Waals surface area contributed by atoms with E-state index in [1.807, 2.05) is 25.1 Å².